The zero-order valence-electron chi connectivity index (χ0n) is 12.9. The fraction of sp³-hybridized carbons (Fsp3) is 0.214. The highest BCUT2D eigenvalue weighted by Gasteiger charge is 2.17. The summed E-state index contributed by atoms with van der Waals surface area (Å²) in [6, 6.07) is 3.10. The smallest absolute Gasteiger partial charge is 0.255 e. The summed E-state index contributed by atoms with van der Waals surface area (Å²) in [4.78, 5) is 6.69. The van der Waals surface area contributed by atoms with Gasteiger partial charge in [0.25, 0.3) is 10.0 Å². The molecular formula is C14H17N3O5S. The molecule has 0 bridgehead atoms. The van der Waals surface area contributed by atoms with Gasteiger partial charge in [0.15, 0.2) is 0 Å². The van der Waals surface area contributed by atoms with Crippen molar-refractivity contribution >= 4 is 21.8 Å². The largest absolute Gasteiger partial charge is 0.496 e. The van der Waals surface area contributed by atoms with E-state index in [-0.39, 0.29) is 17.2 Å². The van der Waals surface area contributed by atoms with Crippen LogP contribution >= 0.6 is 0 Å². The Morgan fingerprint density at radius 2 is 1.78 bits per heavy atom. The molecule has 9 heteroatoms. The average molecular weight is 339 g/mol. The van der Waals surface area contributed by atoms with Crippen LogP contribution in [0.5, 0.6) is 17.2 Å². The lowest BCUT2D eigenvalue weighted by Crippen LogP contribution is -2.11. The lowest BCUT2D eigenvalue weighted by atomic mass is 10.2. The molecule has 23 heavy (non-hydrogen) atoms. The average Bonchev–Trinajstić information content (AvgIpc) is 3.06. The predicted octanol–water partition coefficient (Wildman–Crippen LogP) is 1.85. The molecular weight excluding hydrogens is 322 g/mol. The number of aromatic nitrogens is 2. The molecule has 2 rings (SSSR count). The fourth-order valence-corrected chi connectivity index (χ4v) is 2.67. The maximum Gasteiger partial charge on any atom is 0.255 e. The Kier molecular flexibility index (Phi) is 5.12. The van der Waals surface area contributed by atoms with E-state index in [1.165, 1.54) is 33.6 Å². The number of anilines is 1. The summed E-state index contributed by atoms with van der Waals surface area (Å²) in [5.74, 6) is 1.45. The molecule has 0 aliphatic carbocycles. The van der Waals surface area contributed by atoms with Gasteiger partial charge in [-0.05, 0) is 6.08 Å². The lowest BCUT2D eigenvalue weighted by Gasteiger charge is -2.15. The van der Waals surface area contributed by atoms with Crippen LogP contribution in [0.4, 0.5) is 5.69 Å². The molecule has 2 aromatic rings. The second-order valence-corrected chi connectivity index (χ2v) is 5.90. The number of aromatic amines is 1. The Balaban J connectivity index is 2.34. The van der Waals surface area contributed by atoms with E-state index in [1.807, 2.05) is 0 Å². The summed E-state index contributed by atoms with van der Waals surface area (Å²) >= 11 is 0. The molecule has 2 N–H and O–H groups in total. The first-order chi connectivity index (χ1) is 11.0. The minimum absolute atomic E-state index is 0.180. The normalized spacial score (nSPS) is 11.4. The quantitative estimate of drug-likeness (QED) is 0.798. The van der Waals surface area contributed by atoms with Crippen LogP contribution in [0.3, 0.4) is 0 Å². The van der Waals surface area contributed by atoms with Gasteiger partial charge in [0.2, 0.25) is 0 Å². The standard InChI is InChI=1S/C14H17N3O5S/c1-20-10-8-11(21-2)14(12(9-10)22-3)17-23(18,19)7-4-13-15-5-6-16-13/h4-9,17H,1-3H3,(H,15,16)/b7-4+. The molecule has 0 fully saturated rings. The molecule has 0 radical (unpaired) electrons. The Morgan fingerprint density at radius 3 is 2.26 bits per heavy atom. The number of hydrogen-bond donors (Lipinski definition) is 2. The van der Waals surface area contributed by atoms with Crippen LogP contribution in [0.25, 0.3) is 6.08 Å². The molecule has 0 aliphatic heterocycles. The Hall–Kier alpha value is -2.68. The van der Waals surface area contributed by atoms with E-state index in [0.717, 1.165) is 5.41 Å². The second-order valence-electron chi connectivity index (χ2n) is 4.33. The maximum absolute atomic E-state index is 12.2. The number of benzene rings is 1. The van der Waals surface area contributed by atoms with Crippen molar-refractivity contribution in [1.29, 1.82) is 0 Å². The van der Waals surface area contributed by atoms with Crippen LogP contribution in [-0.4, -0.2) is 39.7 Å². The summed E-state index contributed by atoms with van der Waals surface area (Å²) < 4.78 is 42.3. The Morgan fingerprint density at radius 1 is 1.13 bits per heavy atom. The zero-order valence-corrected chi connectivity index (χ0v) is 13.7. The summed E-state index contributed by atoms with van der Waals surface area (Å²) in [7, 11) is 0.546. The van der Waals surface area contributed by atoms with Gasteiger partial charge in [-0.15, -0.1) is 0 Å². The number of H-pyrrole nitrogens is 1. The highest BCUT2D eigenvalue weighted by atomic mass is 32.2. The molecule has 124 valence electrons. The lowest BCUT2D eigenvalue weighted by molar-refractivity contribution is 0.378. The third-order valence-corrected chi connectivity index (χ3v) is 3.87. The number of rotatable bonds is 7. The molecule has 0 unspecified atom stereocenters. The van der Waals surface area contributed by atoms with Gasteiger partial charge in [0.05, 0.1) is 26.7 Å². The minimum atomic E-state index is -3.79. The first-order valence-electron chi connectivity index (χ1n) is 6.49. The van der Waals surface area contributed by atoms with Gasteiger partial charge in [-0.3, -0.25) is 4.72 Å². The maximum atomic E-state index is 12.2. The third kappa shape index (κ3) is 4.16. The molecule has 0 atom stereocenters. The topological polar surface area (TPSA) is 103 Å². The van der Waals surface area contributed by atoms with E-state index in [4.69, 9.17) is 14.2 Å². The van der Waals surface area contributed by atoms with Gasteiger partial charge in [-0.25, -0.2) is 13.4 Å². The van der Waals surface area contributed by atoms with Gasteiger partial charge in [0.1, 0.15) is 28.8 Å². The molecule has 0 saturated heterocycles. The highest BCUT2D eigenvalue weighted by Crippen LogP contribution is 2.39. The van der Waals surface area contributed by atoms with Crippen molar-refractivity contribution in [3.8, 4) is 17.2 Å². The summed E-state index contributed by atoms with van der Waals surface area (Å²) in [5.41, 5.74) is 0.180. The SMILES string of the molecule is COc1cc(OC)c(NS(=O)(=O)/C=C/c2ncc[nH]2)c(OC)c1. The van der Waals surface area contributed by atoms with Crippen LogP contribution in [0, 0.1) is 0 Å². The van der Waals surface area contributed by atoms with E-state index >= 15 is 0 Å². The van der Waals surface area contributed by atoms with Crippen LogP contribution in [-0.2, 0) is 10.0 Å². The van der Waals surface area contributed by atoms with Gasteiger partial charge in [-0.2, -0.15) is 0 Å². The van der Waals surface area contributed by atoms with Crippen LogP contribution in [0.15, 0.2) is 29.9 Å². The van der Waals surface area contributed by atoms with E-state index < -0.39 is 10.0 Å². The van der Waals surface area contributed by atoms with Crippen LogP contribution in [0.2, 0.25) is 0 Å². The number of hydrogen-bond acceptors (Lipinski definition) is 6. The molecule has 1 aromatic carbocycles. The van der Waals surface area contributed by atoms with Crippen molar-refractivity contribution in [3.05, 3.63) is 35.8 Å². The van der Waals surface area contributed by atoms with Crippen molar-refractivity contribution in [2.24, 2.45) is 0 Å². The summed E-state index contributed by atoms with van der Waals surface area (Å²) in [5, 5.41) is 0.995. The molecule has 0 spiro atoms. The molecule has 1 heterocycles. The fourth-order valence-electron chi connectivity index (χ4n) is 1.81. The first-order valence-corrected chi connectivity index (χ1v) is 8.04. The molecule has 0 amide bonds. The number of nitrogens with zero attached hydrogens (tertiary/aromatic N) is 1. The van der Waals surface area contributed by atoms with Crippen LogP contribution < -0.4 is 18.9 Å². The van der Waals surface area contributed by atoms with E-state index in [1.54, 1.807) is 18.3 Å². The van der Waals surface area contributed by atoms with E-state index in [9.17, 15) is 8.42 Å². The van der Waals surface area contributed by atoms with Gasteiger partial charge in [-0.1, -0.05) is 0 Å². The number of nitrogens with one attached hydrogen (secondary N) is 2. The number of ether oxygens (including phenoxy) is 3. The number of sulfonamides is 1. The number of methoxy groups -OCH3 is 3. The Bertz CT molecular complexity index is 760. The van der Waals surface area contributed by atoms with Gasteiger partial charge >= 0.3 is 0 Å². The zero-order chi connectivity index (χ0) is 16.9. The second kappa shape index (κ2) is 7.05. The third-order valence-electron chi connectivity index (χ3n) is 2.88. The summed E-state index contributed by atoms with van der Waals surface area (Å²) in [6.07, 6.45) is 4.45. The molecule has 0 aliphatic rings. The highest BCUT2D eigenvalue weighted by molar-refractivity contribution is 7.95. The van der Waals surface area contributed by atoms with E-state index in [2.05, 4.69) is 14.7 Å². The minimum Gasteiger partial charge on any atom is -0.496 e. The van der Waals surface area contributed by atoms with Crippen molar-refractivity contribution < 1.29 is 22.6 Å². The molecule has 8 nitrogen and oxygen atoms in total. The van der Waals surface area contributed by atoms with Crippen LogP contribution in [0.1, 0.15) is 5.82 Å². The first kappa shape index (κ1) is 16.7. The van der Waals surface area contributed by atoms with Crippen molar-refractivity contribution in [2.75, 3.05) is 26.1 Å². The predicted molar refractivity (Wildman–Crippen MR) is 86.3 cm³/mol. The molecule has 1 aromatic heterocycles. The van der Waals surface area contributed by atoms with Crippen molar-refractivity contribution in [1.82, 2.24) is 9.97 Å². The van der Waals surface area contributed by atoms with E-state index in [0.29, 0.717) is 11.6 Å². The van der Waals surface area contributed by atoms with Gasteiger partial charge in [0, 0.05) is 24.5 Å². The monoisotopic (exact) mass is 339 g/mol. The summed E-state index contributed by atoms with van der Waals surface area (Å²) in [6.45, 7) is 0. The number of imidazole rings is 1. The molecule has 0 saturated carbocycles. The van der Waals surface area contributed by atoms with Gasteiger partial charge < -0.3 is 19.2 Å². The van der Waals surface area contributed by atoms with Crippen molar-refractivity contribution in [2.45, 2.75) is 0 Å². The van der Waals surface area contributed by atoms with Crippen molar-refractivity contribution in [3.63, 3.8) is 0 Å². The Labute approximate surface area is 134 Å².